The molecule has 2 amide bonds. The molecule has 98 valence electrons. The van der Waals surface area contributed by atoms with E-state index >= 15 is 0 Å². The Kier molecular flexibility index (Phi) is 4.42. The largest absolute Gasteiger partial charge is 0.325 e. The van der Waals surface area contributed by atoms with Crippen LogP contribution in [0.1, 0.15) is 25.7 Å². The molecule has 0 saturated carbocycles. The van der Waals surface area contributed by atoms with Crippen molar-refractivity contribution < 1.29 is 9.18 Å². The topological polar surface area (TPSA) is 32.3 Å². The molecule has 0 spiro atoms. The third-order valence-electron chi connectivity index (χ3n) is 3.07. The van der Waals surface area contributed by atoms with E-state index in [0.717, 1.165) is 25.9 Å². The molecule has 1 fully saturated rings. The van der Waals surface area contributed by atoms with Gasteiger partial charge in [0.2, 0.25) is 0 Å². The Labute approximate surface area is 111 Å². The number of benzene rings is 1. The summed E-state index contributed by atoms with van der Waals surface area (Å²) >= 11 is 5.87. The van der Waals surface area contributed by atoms with Crippen LogP contribution in [-0.2, 0) is 0 Å². The van der Waals surface area contributed by atoms with Gasteiger partial charge in [0.1, 0.15) is 5.82 Å². The summed E-state index contributed by atoms with van der Waals surface area (Å²) in [5, 5.41) is 2.94. The molecule has 0 atom stereocenters. The van der Waals surface area contributed by atoms with E-state index in [0.29, 0.717) is 5.69 Å². The van der Waals surface area contributed by atoms with Gasteiger partial charge in [0.25, 0.3) is 0 Å². The zero-order valence-corrected chi connectivity index (χ0v) is 10.8. The molecule has 18 heavy (non-hydrogen) atoms. The number of amides is 2. The predicted octanol–water partition coefficient (Wildman–Crippen LogP) is 3.89. The van der Waals surface area contributed by atoms with Crippen LogP contribution in [0.25, 0.3) is 0 Å². The van der Waals surface area contributed by atoms with Crippen molar-refractivity contribution in [3.8, 4) is 0 Å². The van der Waals surface area contributed by atoms with Crippen molar-refractivity contribution in [3.63, 3.8) is 0 Å². The zero-order valence-electron chi connectivity index (χ0n) is 10.1. The summed E-state index contributed by atoms with van der Waals surface area (Å²) in [7, 11) is 0. The summed E-state index contributed by atoms with van der Waals surface area (Å²) in [6.07, 6.45) is 4.40. The minimum absolute atomic E-state index is 0.162. The average molecular weight is 271 g/mol. The second-order valence-electron chi connectivity index (χ2n) is 4.46. The fourth-order valence-electron chi connectivity index (χ4n) is 2.06. The Balaban J connectivity index is 2.01. The summed E-state index contributed by atoms with van der Waals surface area (Å²) in [5.41, 5.74) is 0.451. The van der Waals surface area contributed by atoms with Crippen molar-refractivity contribution in [2.75, 3.05) is 18.4 Å². The lowest BCUT2D eigenvalue weighted by molar-refractivity contribution is 0.214. The molecule has 0 bridgehead atoms. The minimum atomic E-state index is -0.409. The highest BCUT2D eigenvalue weighted by molar-refractivity contribution is 6.33. The summed E-state index contributed by atoms with van der Waals surface area (Å²) < 4.78 is 12.9. The van der Waals surface area contributed by atoms with Crippen LogP contribution in [0.15, 0.2) is 18.2 Å². The molecule has 0 aliphatic carbocycles. The molecule has 1 aromatic carbocycles. The SMILES string of the molecule is O=C(Nc1ccc(F)cc1Cl)N1CCCCCC1. The molecule has 0 unspecified atom stereocenters. The van der Waals surface area contributed by atoms with E-state index in [1.807, 2.05) is 0 Å². The first kappa shape index (κ1) is 13.1. The Morgan fingerprint density at radius 2 is 1.89 bits per heavy atom. The molecule has 1 saturated heterocycles. The first-order valence-electron chi connectivity index (χ1n) is 6.18. The summed E-state index contributed by atoms with van der Waals surface area (Å²) in [6, 6.07) is 3.79. The van der Waals surface area contributed by atoms with Gasteiger partial charge in [-0.2, -0.15) is 0 Å². The molecule has 3 nitrogen and oxygen atoms in total. The van der Waals surface area contributed by atoms with E-state index in [2.05, 4.69) is 5.32 Å². The maximum atomic E-state index is 12.9. The van der Waals surface area contributed by atoms with Crippen LogP contribution in [0.3, 0.4) is 0 Å². The molecular formula is C13H16ClFN2O. The van der Waals surface area contributed by atoms with Crippen molar-refractivity contribution in [2.45, 2.75) is 25.7 Å². The lowest BCUT2D eigenvalue weighted by atomic mass is 10.2. The quantitative estimate of drug-likeness (QED) is 0.825. The first-order chi connectivity index (χ1) is 8.66. The number of halogens is 2. The van der Waals surface area contributed by atoms with E-state index in [1.54, 1.807) is 4.90 Å². The number of urea groups is 1. The highest BCUT2D eigenvalue weighted by Gasteiger charge is 2.16. The lowest BCUT2D eigenvalue weighted by Crippen LogP contribution is -2.35. The maximum Gasteiger partial charge on any atom is 0.321 e. The predicted molar refractivity (Wildman–Crippen MR) is 70.5 cm³/mol. The van der Waals surface area contributed by atoms with Gasteiger partial charge >= 0.3 is 6.03 Å². The van der Waals surface area contributed by atoms with Crippen LogP contribution in [0.4, 0.5) is 14.9 Å². The van der Waals surface area contributed by atoms with Crippen LogP contribution in [0, 0.1) is 5.82 Å². The van der Waals surface area contributed by atoms with Gasteiger partial charge < -0.3 is 10.2 Å². The normalized spacial score (nSPS) is 16.2. The molecule has 0 radical (unpaired) electrons. The van der Waals surface area contributed by atoms with Gasteiger partial charge in [0.05, 0.1) is 10.7 Å². The van der Waals surface area contributed by atoms with Gasteiger partial charge in [-0.1, -0.05) is 24.4 Å². The van der Waals surface area contributed by atoms with E-state index in [1.165, 1.54) is 31.0 Å². The zero-order chi connectivity index (χ0) is 13.0. The van der Waals surface area contributed by atoms with Gasteiger partial charge in [-0.3, -0.25) is 0 Å². The van der Waals surface area contributed by atoms with Crippen molar-refractivity contribution in [2.24, 2.45) is 0 Å². The molecule has 1 N–H and O–H groups in total. The number of rotatable bonds is 1. The first-order valence-corrected chi connectivity index (χ1v) is 6.55. The number of carbonyl (C=O) groups is 1. The molecular weight excluding hydrogens is 255 g/mol. The third kappa shape index (κ3) is 3.35. The van der Waals surface area contributed by atoms with Crippen molar-refractivity contribution in [3.05, 3.63) is 29.0 Å². The molecule has 1 aliphatic heterocycles. The fraction of sp³-hybridized carbons (Fsp3) is 0.462. The number of likely N-dealkylation sites (tertiary alicyclic amines) is 1. The van der Waals surface area contributed by atoms with E-state index in [9.17, 15) is 9.18 Å². The summed E-state index contributed by atoms with van der Waals surface area (Å²) in [5.74, 6) is -0.409. The average Bonchev–Trinajstić information content (AvgIpc) is 2.61. The number of anilines is 1. The van der Waals surface area contributed by atoms with E-state index in [4.69, 9.17) is 11.6 Å². The maximum absolute atomic E-state index is 12.9. The molecule has 1 heterocycles. The van der Waals surface area contributed by atoms with Gasteiger partial charge in [0, 0.05) is 13.1 Å². The number of nitrogens with zero attached hydrogens (tertiary/aromatic N) is 1. The van der Waals surface area contributed by atoms with E-state index < -0.39 is 5.82 Å². The van der Waals surface area contributed by atoms with Crippen LogP contribution in [-0.4, -0.2) is 24.0 Å². The smallest absolute Gasteiger partial charge is 0.321 e. The van der Waals surface area contributed by atoms with Gasteiger partial charge in [-0.05, 0) is 31.0 Å². The molecule has 2 rings (SSSR count). The Bertz CT molecular complexity index is 431. The van der Waals surface area contributed by atoms with Crippen molar-refractivity contribution in [1.82, 2.24) is 4.90 Å². The summed E-state index contributed by atoms with van der Waals surface area (Å²) in [6.45, 7) is 1.54. The Morgan fingerprint density at radius 3 is 2.50 bits per heavy atom. The van der Waals surface area contributed by atoms with Gasteiger partial charge in [-0.15, -0.1) is 0 Å². The number of nitrogens with one attached hydrogen (secondary N) is 1. The summed E-state index contributed by atoms with van der Waals surface area (Å²) in [4.78, 5) is 13.8. The van der Waals surface area contributed by atoms with E-state index in [-0.39, 0.29) is 11.1 Å². The minimum Gasteiger partial charge on any atom is -0.325 e. The standard InChI is InChI=1S/C13H16ClFN2O/c14-11-9-10(15)5-6-12(11)16-13(18)17-7-3-1-2-4-8-17/h5-6,9H,1-4,7-8H2,(H,16,18). The Morgan fingerprint density at radius 1 is 1.22 bits per heavy atom. The fourth-order valence-corrected chi connectivity index (χ4v) is 2.27. The number of carbonyl (C=O) groups excluding carboxylic acids is 1. The van der Waals surface area contributed by atoms with Gasteiger partial charge in [0.15, 0.2) is 0 Å². The van der Waals surface area contributed by atoms with Crippen LogP contribution < -0.4 is 5.32 Å². The van der Waals surface area contributed by atoms with Gasteiger partial charge in [-0.25, -0.2) is 9.18 Å². The highest BCUT2D eigenvalue weighted by atomic mass is 35.5. The van der Waals surface area contributed by atoms with Crippen molar-refractivity contribution >= 4 is 23.3 Å². The molecule has 1 aliphatic rings. The third-order valence-corrected chi connectivity index (χ3v) is 3.38. The second-order valence-corrected chi connectivity index (χ2v) is 4.86. The molecule has 5 heteroatoms. The second kappa shape index (κ2) is 6.05. The Hall–Kier alpha value is -1.29. The van der Waals surface area contributed by atoms with Crippen LogP contribution in [0.5, 0.6) is 0 Å². The molecule has 0 aromatic heterocycles. The van der Waals surface area contributed by atoms with Crippen molar-refractivity contribution in [1.29, 1.82) is 0 Å². The van der Waals surface area contributed by atoms with Crippen LogP contribution >= 0.6 is 11.6 Å². The highest BCUT2D eigenvalue weighted by Crippen LogP contribution is 2.23. The number of hydrogen-bond donors (Lipinski definition) is 1. The van der Waals surface area contributed by atoms with Crippen LogP contribution in [0.2, 0.25) is 5.02 Å². The number of hydrogen-bond acceptors (Lipinski definition) is 1. The molecule has 1 aromatic rings. The lowest BCUT2D eigenvalue weighted by Gasteiger charge is -2.21. The monoisotopic (exact) mass is 270 g/mol.